The van der Waals surface area contributed by atoms with Crippen LogP contribution in [0.15, 0.2) is 110 Å². The van der Waals surface area contributed by atoms with E-state index in [2.05, 4.69) is 84.0 Å². The van der Waals surface area contributed by atoms with Crippen molar-refractivity contribution in [3.05, 3.63) is 144 Å². The maximum atomic E-state index is 15.0. The lowest BCUT2D eigenvalue weighted by Gasteiger charge is -2.28. The highest BCUT2D eigenvalue weighted by Crippen LogP contribution is 2.24. The van der Waals surface area contributed by atoms with Gasteiger partial charge in [0.1, 0.15) is 60.4 Å². The van der Waals surface area contributed by atoms with Crippen LogP contribution in [0.25, 0.3) is 10.9 Å². The van der Waals surface area contributed by atoms with Crippen LogP contribution in [-0.4, -0.2) is 168 Å². The van der Waals surface area contributed by atoms with Crippen LogP contribution in [0.4, 0.5) is 0 Å². The first-order chi connectivity index (χ1) is 47.5. The molecule has 3 aromatic carbocycles. The fourth-order valence-electron chi connectivity index (χ4n) is 10.7. The van der Waals surface area contributed by atoms with Gasteiger partial charge in [-0.15, -0.1) is 12.3 Å². The standard InChI is InChI=1S/C68H85N17O12S2/c1-6-8-23-57(87)85-58(38(3)4)68(97)84-55-35-99-33-42-20-13-12-19-41(42)32-98-34-54(83-60(89)39(5)76-62(91)53(28-56(69)86)82-67(55)96)66(95)79-50(24-40-17-10-9-11-18-40)63(92)81-52(27-45-31-72-37-75-45)65(94)77-48(16-7-2)61(90)80-51(25-43-29-73-47-22-15-14-21-46(43)47)64(93)78-49(59(70)88)26-44-30-71-36-74-44/h1,9-15,17-22,29-31,36-39,48-55,58,73H,7-8,16,23-28,32-35H2,2-5H3,(H2,69,86)(H2,70,88)(H,71,74)(H,72,75)(H,76,91)(H,77,94)(H,78,93)(H,79,95)(H,80,90)(H,81,92)(H,82,96)(H,83,89)(H,84,97)(H,85,87)/t39-,48-,49-,50-,51-,52-,53-,54+,55+,58-/m0/s1. The van der Waals surface area contributed by atoms with Gasteiger partial charge in [-0.2, -0.15) is 23.5 Å². The molecule has 29 nitrogen and oxygen atoms in total. The average Bonchev–Trinajstić information content (AvgIpc) is 1.17. The summed E-state index contributed by atoms with van der Waals surface area (Å²) in [6.07, 6.45) is 12.1. The number of carbonyl (C=O) groups is 12. The van der Waals surface area contributed by atoms with Gasteiger partial charge in [0.2, 0.25) is 70.9 Å². The Bertz CT molecular complexity index is 3830. The van der Waals surface area contributed by atoms with Crippen molar-refractivity contribution in [2.45, 2.75) is 157 Å². The Morgan fingerprint density at radius 1 is 0.626 bits per heavy atom. The normalized spacial score (nSPS) is 18.0. The van der Waals surface area contributed by atoms with Crippen molar-refractivity contribution in [3.8, 4) is 12.3 Å². The highest BCUT2D eigenvalue weighted by atomic mass is 32.2. The van der Waals surface area contributed by atoms with Crippen molar-refractivity contribution in [1.82, 2.24) is 78.1 Å². The number of hydrogen-bond acceptors (Lipinski definition) is 16. The highest BCUT2D eigenvalue weighted by molar-refractivity contribution is 7.99. The quantitative estimate of drug-likeness (QED) is 0.0278. The van der Waals surface area contributed by atoms with Gasteiger partial charge in [-0.25, -0.2) is 9.97 Å². The third-order valence-corrected chi connectivity index (χ3v) is 18.3. The summed E-state index contributed by atoms with van der Waals surface area (Å²) in [5, 5.41) is 27.7. The maximum Gasteiger partial charge on any atom is 0.244 e. The number of nitrogens with two attached hydrogens (primary N) is 2. The Balaban J connectivity index is 1.13. The Hall–Kier alpha value is -10.5. The SMILES string of the molecule is C#CCCC(=O)N[C@H](C(=O)N[C@@H]1CSCc2ccccc2CSC[C@H](C(=O)N[C@@H](Cc2ccccc2)C(=O)N[C@@H](Cc2cnc[nH]2)C(=O)N[C@@H](CCC)C(=O)N[C@@H](Cc2c[nH]c3ccccc23)C(=O)N[C@@H](Cc2cnc[nH]2)C(N)=O)NC(=O)[C@H](C)NC(=O)[C@H](CC(N)=O)NC1=O)C(C)C. The van der Waals surface area contributed by atoms with Crippen LogP contribution in [0.5, 0.6) is 0 Å². The third kappa shape index (κ3) is 23.4. The summed E-state index contributed by atoms with van der Waals surface area (Å²) < 4.78 is 0. The number of primary amides is 2. The van der Waals surface area contributed by atoms with Crippen molar-refractivity contribution < 1.29 is 57.5 Å². The van der Waals surface area contributed by atoms with Gasteiger partial charge in [0, 0.05) is 102 Å². The molecule has 0 unspecified atom stereocenters. The zero-order chi connectivity index (χ0) is 71.5. The molecular weight excluding hydrogens is 1310 g/mol. The lowest BCUT2D eigenvalue weighted by molar-refractivity contribution is -0.136. The van der Waals surface area contributed by atoms with Crippen LogP contribution in [0, 0.1) is 18.3 Å². The lowest BCUT2D eigenvalue weighted by Crippen LogP contribution is -2.61. The van der Waals surface area contributed by atoms with Gasteiger partial charge in [0.05, 0.1) is 19.1 Å². The molecule has 0 radical (unpaired) electrons. The number of H-pyrrole nitrogens is 3. The first-order valence-corrected chi connectivity index (χ1v) is 34.6. The minimum absolute atomic E-state index is 0.0322. The number of aromatic amines is 3. The number of hydrogen-bond donors (Lipinski definition) is 15. The van der Waals surface area contributed by atoms with Gasteiger partial charge in [-0.1, -0.05) is 100.0 Å². The number of carbonyl (C=O) groups excluding carboxylic acids is 12. The van der Waals surface area contributed by atoms with Crippen molar-refractivity contribution >= 4 is 105 Å². The average molecular weight is 1400 g/mol. The summed E-state index contributed by atoms with van der Waals surface area (Å²) in [6.45, 7) is 6.49. The number of terminal acetylenes is 1. The van der Waals surface area contributed by atoms with E-state index < -0.39 is 144 Å². The van der Waals surface area contributed by atoms with E-state index in [0.717, 1.165) is 22.0 Å². The number of imidazole rings is 2. The molecule has 0 spiro atoms. The van der Waals surface area contributed by atoms with E-state index in [1.54, 1.807) is 57.3 Å². The monoisotopic (exact) mass is 1400 g/mol. The number of aromatic nitrogens is 5. The molecule has 0 saturated heterocycles. The predicted octanol–water partition coefficient (Wildman–Crippen LogP) is 0.163. The van der Waals surface area contributed by atoms with Gasteiger partial charge in [0.15, 0.2) is 0 Å². The van der Waals surface area contributed by atoms with E-state index in [1.165, 1.54) is 55.5 Å². The highest BCUT2D eigenvalue weighted by Gasteiger charge is 2.37. The molecule has 12 amide bonds. The van der Waals surface area contributed by atoms with Gasteiger partial charge in [0.25, 0.3) is 0 Å². The molecule has 1 aliphatic rings. The second-order valence-electron chi connectivity index (χ2n) is 24.2. The van der Waals surface area contributed by atoms with Crippen LogP contribution < -0.4 is 64.6 Å². The molecule has 0 fully saturated rings. The van der Waals surface area contributed by atoms with Crippen LogP contribution >= 0.6 is 23.5 Å². The van der Waals surface area contributed by atoms with Gasteiger partial charge < -0.3 is 79.6 Å². The van der Waals surface area contributed by atoms with E-state index in [0.29, 0.717) is 34.7 Å². The van der Waals surface area contributed by atoms with Crippen LogP contribution in [0.1, 0.15) is 93.4 Å². The molecule has 10 atom stereocenters. The number of benzene rings is 3. The largest absolute Gasteiger partial charge is 0.370 e. The van der Waals surface area contributed by atoms with Gasteiger partial charge >= 0.3 is 0 Å². The second kappa shape index (κ2) is 37.9. The van der Waals surface area contributed by atoms with Crippen LogP contribution in [0.2, 0.25) is 0 Å². The Morgan fingerprint density at radius 2 is 1.19 bits per heavy atom. The molecule has 17 N–H and O–H groups in total. The van der Waals surface area contributed by atoms with Gasteiger partial charge in [-0.3, -0.25) is 57.5 Å². The minimum Gasteiger partial charge on any atom is -0.370 e. The third-order valence-electron chi connectivity index (χ3n) is 16.1. The Labute approximate surface area is 580 Å². The number of amides is 12. The molecule has 4 heterocycles. The molecule has 7 rings (SSSR count). The Kier molecular flexibility index (Phi) is 29.0. The van der Waals surface area contributed by atoms with Crippen molar-refractivity contribution in [2.75, 3.05) is 11.5 Å². The lowest BCUT2D eigenvalue weighted by atomic mass is 10.0. The molecule has 31 heteroatoms. The van der Waals surface area contributed by atoms with Crippen molar-refractivity contribution in [3.63, 3.8) is 0 Å². The van der Waals surface area contributed by atoms with E-state index in [1.807, 2.05) is 48.5 Å². The first kappa shape index (κ1) is 75.9. The number of nitrogens with one attached hydrogen (secondary N) is 13. The molecule has 99 heavy (non-hydrogen) atoms. The fraction of sp³-hybridized carbons (Fsp3) is 0.412. The maximum absolute atomic E-state index is 15.0. The molecule has 6 aromatic rings. The van der Waals surface area contributed by atoms with Crippen molar-refractivity contribution in [2.24, 2.45) is 17.4 Å². The molecular formula is C68H85N17O12S2. The number of nitrogens with zero attached hydrogens (tertiary/aromatic N) is 2. The fourth-order valence-corrected chi connectivity index (χ4v) is 12.9. The number of rotatable bonds is 29. The summed E-state index contributed by atoms with van der Waals surface area (Å²) in [5.74, 6) is -7.49. The van der Waals surface area contributed by atoms with E-state index >= 15 is 4.79 Å². The smallest absolute Gasteiger partial charge is 0.244 e. The second-order valence-corrected chi connectivity index (χ2v) is 26.2. The molecule has 1 aliphatic heterocycles. The molecule has 0 aliphatic carbocycles. The number of thioether (sulfide) groups is 2. The first-order valence-electron chi connectivity index (χ1n) is 32.3. The Morgan fingerprint density at radius 3 is 1.79 bits per heavy atom. The van der Waals surface area contributed by atoms with Crippen LogP contribution in [-0.2, 0) is 94.7 Å². The topological polar surface area (TPSA) is 450 Å². The number of para-hydroxylation sites is 1. The van der Waals surface area contributed by atoms with Crippen molar-refractivity contribution in [1.29, 1.82) is 0 Å². The predicted molar refractivity (Wildman–Crippen MR) is 371 cm³/mol. The molecule has 3 aromatic heterocycles. The van der Waals surface area contributed by atoms with E-state index in [9.17, 15) is 52.7 Å². The summed E-state index contributed by atoms with van der Waals surface area (Å²) in [6, 6.07) is 9.69. The minimum atomic E-state index is -1.67. The zero-order valence-corrected chi connectivity index (χ0v) is 56.9. The van der Waals surface area contributed by atoms with E-state index in [-0.39, 0.29) is 62.2 Å². The summed E-state index contributed by atoms with van der Waals surface area (Å²) in [7, 11) is 0. The van der Waals surface area contributed by atoms with Crippen LogP contribution in [0.3, 0.4) is 0 Å². The molecule has 0 saturated carbocycles. The van der Waals surface area contributed by atoms with E-state index in [4.69, 9.17) is 17.9 Å². The summed E-state index contributed by atoms with van der Waals surface area (Å²) in [5.41, 5.74) is 15.9. The molecule has 526 valence electrons. The molecule has 0 bridgehead atoms. The zero-order valence-electron chi connectivity index (χ0n) is 55.3. The summed E-state index contributed by atoms with van der Waals surface area (Å²) >= 11 is 2.53. The summed E-state index contributed by atoms with van der Waals surface area (Å²) in [4.78, 5) is 185. The van der Waals surface area contributed by atoms with Gasteiger partial charge in [-0.05, 0) is 47.6 Å². The number of fused-ring (bicyclic) bond motifs is 2.